The average molecular weight is 716 g/mol. The van der Waals surface area contributed by atoms with Gasteiger partial charge in [0.15, 0.2) is 41.6 Å². The Kier molecular flexibility index (Phi) is 9.31. The Morgan fingerprint density at radius 1 is 0.889 bits per heavy atom. The molecule has 0 aliphatic carbocycles. The van der Waals surface area contributed by atoms with Crippen LogP contribution >= 0.6 is 25.8 Å². The number of ether oxygens (including phenoxy) is 2. The van der Waals surface area contributed by atoms with Gasteiger partial charge in [-0.3, -0.25) is 22.7 Å². The van der Waals surface area contributed by atoms with E-state index in [1.54, 1.807) is 0 Å². The number of nitrogen functional groups attached to an aromatic ring is 2. The van der Waals surface area contributed by atoms with Gasteiger partial charge in [0.1, 0.15) is 54.2 Å². The molecule has 19 nitrogen and oxygen atoms in total. The summed E-state index contributed by atoms with van der Waals surface area (Å²) in [6, 6.07) is 0. The van der Waals surface area contributed by atoms with E-state index < -0.39 is 75.9 Å². The van der Waals surface area contributed by atoms with E-state index in [1.165, 1.54) is 34.4 Å². The van der Waals surface area contributed by atoms with Crippen molar-refractivity contribution in [1.29, 1.82) is 0 Å². The summed E-state index contributed by atoms with van der Waals surface area (Å²) in [6.45, 7) is -9.72. The summed E-state index contributed by atoms with van der Waals surface area (Å²) in [6.07, 6.45) is -6.71. The van der Waals surface area contributed by atoms with Crippen molar-refractivity contribution in [2.45, 2.75) is 49.1 Å². The molecule has 45 heavy (non-hydrogen) atoms. The summed E-state index contributed by atoms with van der Waals surface area (Å²) < 4.78 is 66.2. The molecule has 2 bridgehead atoms. The van der Waals surface area contributed by atoms with Gasteiger partial charge in [0.2, 0.25) is 0 Å². The summed E-state index contributed by atoms with van der Waals surface area (Å²) in [5.74, 6) is 0.150. The summed E-state index contributed by atoms with van der Waals surface area (Å²) in [5.41, 5.74) is 12.6. The number of nitrogens with two attached hydrogens (primary N) is 2. The van der Waals surface area contributed by atoms with E-state index >= 15 is 4.39 Å². The minimum absolute atomic E-state index is 0. The minimum atomic E-state index is -4.34. The molecule has 0 saturated carbocycles. The summed E-state index contributed by atoms with van der Waals surface area (Å²) in [5, 5.41) is 11.1. The number of imidazole rings is 2. The molecule has 3 unspecified atom stereocenters. The molecule has 0 amide bonds. The molecule has 7 rings (SSSR count). The van der Waals surface area contributed by atoms with Crippen molar-refractivity contribution < 1.29 is 46.5 Å². The Bertz CT molecular complexity index is 1840. The number of hydrogen-bond acceptors (Lipinski definition) is 17. The fourth-order valence-corrected chi connectivity index (χ4v) is 8.08. The first-order valence-corrected chi connectivity index (χ1v) is 18.0. The predicted octanol–water partition coefficient (Wildman–Crippen LogP) is 0.0155. The molecule has 3 fully saturated rings. The second kappa shape index (κ2) is 12.5. The minimum Gasteiger partial charge on any atom is -0.387 e. The second-order valence-corrected chi connectivity index (χ2v) is 15.6. The number of hydrogen-bond donors (Lipinski definition) is 5. The largest absolute Gasteiger partial charge is 0.387 e. The van der Waals surface area contributed by atoms with Crippen molar-refractivity contribution >= 4 is 101 Å². The van der Waals surface area contributed by atoms with Crippen LogP contribution in [0.3, 0.4) is 0 Å². The van der Waals surface area contributed by atoms with Crippen LogP contribution in [0.15, 0.2) is 25.3 Å². The molecule has 237 valence electrons. The van der Waals surface area contributed by atoms with Crippen LogP contribution in [0.5, 0.6) is 0 Å². The number of fused-ring (bicyclic) bond motifs is 5. The Hall–Kier alpha value is -1.46. The van der Waals surface area contributed by atoms with Crippen molar-refractivity contribution in [3.63, 3.8) is 0 Å². The Balaban J connectivity index is 0.00000357. The smallest absolute Gasteiger partial charge is 0.386 e. The maximum atomic E-state index is 16.0. The molecule has 0 aromatic carbocycles. The van der Waals surface area contributed by atoms with Gasteiger partial charge in [-0.15, -0.1) is 0 Å². The molecule has 3 aliphatic heterocycles. The molecule has 7 heterocycles. The van der Waals surface area contributed by atoms with Gasteiger partial charge in [-0.25, -0.2) is 38.9 Å². The van der Waals surface area contributed by atoms with E-state index in [2.05, 4.69) is 42.2 Å². The van der Waals surface area contributed by atoms with Gasteiger partial charge in [0, 0.05) is 29.6 Å². The molecule has 3 saturated heterocycles. The van der Waals surface area contributed by atoms with Crippen LogP contribution in [-0.4, -0.2) is 129 Å². The Morgan fingerprint density at radius 3 is 2.07 bits per heavy atom. The van der Waals surface area contributed by atoms with E-state index in [-0.39, 0.29) is 63.5 Å². The van der Waals surface area contributed by atoms with Crippen molar-refractivity contribution in [2.24, 2.45) is 0 Å². The summed E-state index contributed by atoms with van der Waals surface area (Å²) >= 11 is 9.25. The number of halogens is 1. The van der Waals surface area contributed by atoms with Gasteiger partial charge in [0.05, 0.1) is 25.9 Å². The van der Waals surface area contributed by atoms with Crippen LogP contribution in [0.4, 0.5) is 16.0 Å². The molecule has 3 aliphatic rings. The van der Waals surface area contributed by atoms with Gasteiger partial charge in [-0.2, -0.15) is 0 Å². The second-order valence-electron chi connectivity index (χ2n) is 9.90. The van der Waals surface area contributed by atoms with Crippen LogP contribution < -0.4 is 11.5 Å². The fraction of sp³-hybridized carbons (Fsp3) is 0.500. The van der Waals surface area contributed by atoms with E-state index in [0.29, 0.717) is 0 Å². The molecule has 1 radical (unpaired) electrons. The number of aliphatic hydroxyl groups excluding tert-OH is 1. The molecule has 0 spiro atoms. The van der Waals surface area contributed by atoms with Crippen molar-refractivity contribution in [3.8, 4) is 0 Å². The van der Waals surface area contributed by atoms with Crippen LogP contribution in [0.25, 0.3) is 22.3 Å². The first-order valence-electron chi connectivity index (χ1n) is 12.7. The number of aliphatic hydroxyl groups is 1. The number of rotatable bonds is 2. The molecular formula is C20H23FN10NaO9P2S2. The third-order valence-electron chi connectivity index (χ3n) is 7.22. The van der Waals surface area contributed by atoms with E-state index in [0.717, 1.165) is 0 Å². The quantitative estimate of drug-likeness (QED) is 0.104. The van der Waals surface area contributed by atoms with Gasteiger partial charge >= 0.3 is 13.5 Å². The zero-order chi connectivity index (χ0) is 31.0. The standard InChI is InChI=1S/C20H23FN10O9P2S2.Na/c21-9-13-8(38-19(9)30-5-28-10-15(22)24-3-26-17(10)30)2-36-42(34,44)40-14-12(32)7(1-35-41(33,43)39-13)37-20(14)31-6-29-11-16(23)25-4-27-18(11)31;/h3-9,12-14,19-20,32H,1-2H2,(H,33,43)(H,34,44)(H2,22,24,26)(H2,23,25,27);/t7-,8-,9-,12?,13-,14-,19-,20-,41?,42?;/m1./s1. The summed E-state index contributed by atoms with van der Waals surface area (Å²) in [7, 11) is 0. The van der Waals surface area contributed by atoms with Gasteiger partial charge in [-0.05, 0) is 11.8 Å². The number of aromatic nitrogens is 8. The maximum Gasteiger partial charge on any atom is 0.386 e. The van der Waals surface area contributed by atoms with E-state index in [1.807, 2.05) is 0 Å². The molecule has 25 heteroatoms. The van der Waals surface area contributed by atoms with Gasteiger partial charge in [0.25, 0.3) is 0 Å². The Labute approximate surface area is 284 Å². The molecule has 4 aromatic rings. The first kappa shape index (κ1) is 33.4. The molecule has 6 N–H and O–H groups in total. The van der Waals surface area contributed by atoms with Gasteiger partial charge in [-0.1, -0.05) is 12.2 Å². The van der Waals surface area contributed by atoms with Crippen molar-refractivity contribution in [1.82, 2.24) is 39.0 Å². The fourth-order valence-electron chi connectivity index (χ4n) is 5.19. The Morgan fingerprint density at radius 2 is 1.44 bits per heavy atom. The predicted molar refractivity (Wildman–Crippen MR) is 159 cm³/mol. The van der Waals surface area contributed by atoms with Crippen LogP contribution in [0, 0.1) is 0 Å². The summed E-state index contributed by atoms with van der Waals surface area (Å²) in [4.78, 5) is 35.3. The molecular weight excluding hydrogens is 692 g/mol. The number of nitrogens with zero attached hydrogens (tertiary/aromatic N) is 8. The van der Waals surface area contributed by atoms with E-state index in [9.17, 15) is 14.6 Å². The maximum absolute atomic E-state index is 16.0. The molecule has 10 atom stereocenters. The third-order valence-corrected chi connectivity index (χ3v) is 10.4. The van der Waals surface area contributed by atoms with Crippen LogP contribution in [0.2, 0.25) is 0 Å². The number of alkyl halides is 1. The normalized spacial score (nSPS) is 37.4. The molecule has 4 aromatic heterocycles. The third kappa shape index (κ3) is 6.16. The van der Waals surface area contributed by atoms with Gasteiger partial charge < -0.3 is 35.5 Å². The van der Waals surface area contributed by atoms with Crippen molar-refractivity contribution in [2.75, 3.05) is 24.7 Å². The van der Waals surface area contributed by atoms with Crippen LogP contribution in [0.1, 0.15) is 12.5 Å². The monoisotopic (exact) mass is 715 g/mol. The number of anilines is 2. The zero-order valence-electron chi connectivity index (χ0n) is 23.0. The topological polar surface area (TPSA) is 252 Å². The SMILES string of the molecule is Nc1ncnc2c1ncn2[C@@H]1O[C@@H]2COP(=O)(S)O[C@@H]3C(O)[C@@H](COP(O)(=S)O[C@H]2[C@H]1F)O[C@H]3n1cnc2c(N)ncnc21.[Na]. The van der Waals surface area contributed by atoms with Crippen LogP contribution in [-0.2, 0) is 43.9 Å². The average Bonchev–Trinajstić information content (AvgIpc) is 3.73. The van der Waals surface area contributed by atoms with Crippen molar-refractivity contribution in [3.05, 3.63) is 25.3 Å². The first-order chi connectivity index (χ1) is 20.9. The number of thiol groups is 1. The van der Waals surface area contributed by atoms with E-state index in [4.69, 9.17) is 50.8 Å². The zero-order valence-corrected chi connectivity index (χ0v) is 28.5.